The van der Waals surface area contributed by atoms with Gasteiger partial charge in [0, 0.05) is 22.9 Å². The number of rotatable bonds is 9. The minimum atomic E-state index is -0.154. The van der Waals surface area contributed by atoms with Gasteiger partial charge in [-0.2, -0.15) is 0 Å². The number of hydrogen-bond acceptors (Lipinski definition) is 5. The fourth-order valence-electron chi connectivity index (χ4n) is 3.46. The maximum absolute atomic E-state index is 11.7. The molecule has 0 unspecified atom stereocenters. The first-order chi connectivity index (χ1) is 13.9. The van der Waals surface area contributed by atoms with Crippen molar-refractivity contribution in [3.63, 3.8) is 0 Å². The highest BCUT2D eigenvalue weighted by atomic mass is 16.5. The quantitative estimate of drug-likeness (QED) is 0.368. The summed E-state index contributed by atoms with van der Waals surface area (Å²) in [6, 6.07) is 9.36. The van der Waals surface area contributed by atoms with Crippen LogP contribution in [-0.4, -0.2) is 24.1 Å². The lowest BCUT2D eigenvalue weighted by Crippen LogP contribution is -2.07. The Labute approximate surface area is 171 Å². The number of aromatic hydroxyl groups is 1. The number of fused-ring (bicyclic) bond motifs is 1. The second-order valence-corrected chi connectivity index (χ2v) is 7.26. The van der Waals surface area contributed by atoms with Crippen LogP contribution in [0.1, 0.15) is 53.9 Å². The Morgan fingerprint density at radius 2 is 1.76 bits per heavy atom. The van der Waals surface area contributed by atoms with Gasteiger partial charge in [-0.05, 0) is 57.5 Å². The first-order valence-electron chi connectivity index (χ1n) is 10.0. The monoisotopic (exact) mass is 396 g/mol. The molecular weight excluding hydrogens is 368 g/mol. The van der Waals surface area contributed by atoms with Gasteiger partial charge in [-0.25, -0.2) is 0 Å². The molecule has 0 aliphatic rings. The molecule has 154 valence electrons. The van der Waals surface area contributed by atoms with E-state index in [1.54, 1.807) is 12.1 Å². The lowest BCUT2D eigenvalue weighted by atomic mass is 10.0. The average molecular weight is 396 g/mol. The molecule has 0 saturated carbocycles. The summed E-state index contributed by atoms with van der Waals surface area (Å²) in [7, 11) is 0. The van der Waals surface area contributed by atoms with E-state index in [1.807, 2.05) is 39.0 Å². The zero-order valence-corrected chi connectivity index (χ0v) is 17.5. The van der Waals surface area contributed by atoms with Gasteiger partial charge < -0.3 is 19.0 Å². The molecule has 3 aromatic rings. The summed E-state index contributed by atoms with van der Waals surface area (Å²) in [4.78, 5) is 11.7. The Hall–Kier alpha value is -2.95. The highest BCUT2D eigenvalue weighted by Crippen LogP contribution is 2.33. The van der Waals surface area contributed by atoms with Crippen LogP contribution >= 0.6 is 0 Å². The molecule has 5 nitrogen and oxygen atoms in total. The zero-order chi connectivity index (χ0) is 21.0. The van der Waals surface area contributed by atoms with E-state index >= 15 is 0 Å². The van der Waals surface area contributed by atoms with Crippen molar-refractivity contribution in [3.8, 4) is 17.2 Å². The van der Waals surface area contributed by atoms with Crippen LogP contribution in [0.5, 0.6) is 17.2 Å². The van der Waals surface area contributed by atoms with Crippen LogP contribution in [0, 0.1) is 13.8 Å². The summed E-state index contributed by atoms with van der Waals surface area (Å²) in [5.74, 6) is 2.19. The molecular formula is C24H28O5. The van der Waals surface area contributed by atoms with Gasteiger partial charge in [0.25, 0.3) is 0 Å². The predicted octanol–water partition coefficient (Wildman–Crippen LogP) is 5.76. The number of phenolic OH excluding ortho intramolecular Hbond substituents is 1. The van der Waals surface area contributed by atoms with E-state index in [2.05, 4.69) is 0 Å². The second-order valence-electron chi connectivity index (χ2n) is 7.26. The van der Waals surface area contributed by atoms with Crippen molar-refractivity contribution in [3.05, 3.63) is 52.8 Å². The van der Waals surface area contributed by atoms with E-state index in [0.29, 0.717) is 42.9 Å². The SMILES string of the molecule is CCCc1c(OCCCOc2ccc3cc(C)oc3c2C)ccc(C(C)=O)c1O. The van der Waals surface area contributed by atoms with Crippen molar-refractivity contribution < 1.29 is 23.8 Å². The Bertz CT molecular complexity index is 1020. The van der Waals surface area contributed by atoms with E-state index in [4.69, 9.17) is 13.9 Å². The summed E-state index contributed by atoms with van der Waals surface area (Å²) in [6.07, 6.45) is 2.19. The highest BCUT2D eigenvalue weighted by Gasteiger charge is 2.16. The van der Waals surface area contributed by atoms with E-state index in [1.165, 1.54) is 6.92 Å². The maximum Gasteiger partial charge on any atom is 0.163 e. The lowest BCUT2D eigenvalue weighted by Gasteiger charge is -2.15. The van der Waals surface area contributed by atoms with Gasteiger partial charge in [0.15, 0.2) is 5.78 Å². The number of phenols is 1. The maximum atomic E-state index is 11.7. The third-order valence-electron chi connectivity index (χ3n) is 4.93. The van der Waals surface area contributed by atoms with Crippen LogP contribution in [0.15, 0.2) is 34.7 Å². The molecule has 0 spiro atoms. The Morgan fingerprint density at radius 1 is 1.07 bits per heavy atom. The van der Waals surface area contributed by atoms with Crippen LogP contribution in [-0.2, 0) is 6.42 Å². The van der Waals surface area contributed by atoms with Gasteiger partial charge in [-0.3, -0.25) is 4.79 Å². The minimum Gasteiger partial charge on any atom is -0.507 e. The predicted molar refractivity (Wildman–Crippen MR) is 113 cm³/mol. The zero-order valence-electron chi connectivity index (χ0n) is 17.5. The molecule has 0 aliphatic heterocycles. The number of carbonyl (C=O) groups excluding carboxylic acids is 1. The number of carbonyl (C=O) groups is 1. The van der Waals surface area contributed by atoms with E-state index in [-0.39, 0.29) is 11.5 Å². The van der Waals surface area contributed by atoms with Crippen LogP contribution in [0.4, 0.5) is 0 Å². The fraction of sp³-hybridized carbons (Fsp3) is 0.375. The van der Waals surface area contributed by atoms with Gasteiger partial charge in [0.1, 0.15) is 28.6 Å². The van der Waals surface area contributed by atoms with E-state index in [9.17, 15) is 9.90 Å². The molecule has 0 saturated heterocycles. The molecule has 1 aromatic heterocycles. The number of furan rings is 1. The summed E-state index contributed by atoms with van der Waals surface area (Å²) < 4.78 is 17.5. The van der Waals surface area contributed by atoms with E-state index in [0.717, 1.165) is 34.5 Å². The van der Waals surface area contributed by atoms with Gasteiger partial charge in [0.2, 0.25) is 0 Å². The van der Waals surface area contributed by atoms with Crippen LogP contribution in [0.3, 0.4) is 0 Å². The topological polar surface area (TPSA) is 68.9 Å². The Morgan fingerprint density at radius 3 is 2.45 bits per heavy atom. The molecule has 0 atom stereocenters. The number of Topliss-reactive ketones (excluding diaryl/α,β-unsaturated/α-hetero) is 1. The molecule has 5 heteroatoms. The second kappa shape index (κ2) is 9.03. The minimum absolute atomic E-state index is 0.0331. The summed E-state index contributed by atoms with van der Waals surface area (Å²) in [5, 5.41) is 11.5. The third kappa shape index (κ3) is 4.56. The van der Waals surface area contributed by atoms with Gasteiger partial charge >= 0.3 is 0 Å². The third-order valence-corrected chi connectivity index (χ3v) is 4.93. The summed E-state index contributed by atoms with van der Waals surface area (Å²) in [6.45, 7) is 8.37. The molecule has 3 rings (SSSR count). The van der Waals surface area contributed by atoms with Crippen LogP contribution in [0.2, 0.25) is 0 Å². The number of hydrogen-bond donors (Lipinski definition) is 1. The molecule has 2 aromatic carbocycles. The lowest BCUT2D eigenvalue weighted by molar-refractivity contribution is 0.101. The molecule has 0 bridgehead atoms. The first kappa shape index (κ1) is 20.8. The normalized spacial score (nSPS) is 11.0. The van der Waals surface area contributed by atoms with Crippen molar-refractivity contribution in [1.82, 2.24) is 0 Å². The smallest absolute Gasteiger partial charge is 0.163 e. The number of ketones is 1. The number of benzene rings is 2. The van der Waals surface area contributed by atoms with Crippen molar-refractivity contribution in [1.29, 1.82) is 0 Å². The number of aryl methyl sites for hydroxylation is 2. The summed E-state index contributed by atoms with van der Waals surface area (Å²) >= 11 is 0. The van der Waals surface area contributed by atoms with Gasteiger partial charge in [-0.1, -0.05) is 13.3 Å². The van der Waals surface area contributed by atoms with Gasteiger partial charge in [-0.15, -0.1) is 0 Å². The molecule has 1 heterocycles. The molecule has 1 N–H and O–H groups in total. The molecule has 0 aliphatic carbocycles. The van der Waals surface area contributed by atoms with Crippen LogP contribution in [0.25, 0.3) is 11.0 Å². The fourth-order valence-corrected chi connectivity index (χ4v) is 3.46. The highest BCUT2D eigenvalue weighted by molar-refractivity contribution is 5.97. The van der Waals surface area contributed by atoms with Crippen molar-refractivity contribution in [2.45, 2.75) is 47.0 Å². The Kier molecular flexibility index (Phi) is 6.47. The Balaban J connectivity index is 1.59. The first-order valence-corrected chi connectivity index (χ1v) is 10.0. The molecule has 0 radical (unpaired) electrons. The molecule has 29 heavy (non-hydrogen) atoms. The summed E-state index contributed by atoms with van der Waals surface area (Å²) in [5.41, 5.74) is 2.88. The molecule has 0 amide bonds. The molecule has 0 fully saturated rings. The van der Waals surface area contributed by atoms with Gasteiger partial charge in [0.05, 0.1) is 18.8 Å². The number of ether oxygens (including phenoxy) is 2. The van der Waals surface area contributed by atoms with E-state index < -0.39 is 0 Å². The standard InChI is InChI=1S/C24H28O5/c1-5-7-20-22(11-9-19(17(4)25)23(20)26)28-13-6-12-27-21-10-8-18-14-15(2)29-24(18)16(21)3/h8-11,14,26H,5-7,12-13H2,1-4H3. The largest absolute Gasteiger partial charge is 0.507 e. The van der Waals surface area contributed by atoms with Crippen molar-refractivity contribution in [2.24, 2.45) is 0 Å². The van der Waals surface area contributed by atoms with Crippen molar-refractivity contribution in [2.75, 3.05) is 13.2 Å². The average Bonchev–Trinajstić information content (AvgIpc) is 3.06. The van der Waals surface area contributed by atoms with Crippen molar-refractivity contribution >= 4 is 16.8 Å². The van der Waals surface area contributed by atoms with Crippen LogP contribution < -0.4 is 9.47 Å².